The van der Waals surface area contributed by atoms with Gasteiger partial charge in [-0.05, 0) is 24.3 Å². The molecule has 1 aliphatic heterocycles. The van der Waals surface area contributed by atoms with E-state index in [1.807, 2.05) is 24.3 Å². The van der Waals surface area contributed by atoms with E-state index in [-0.39, 0.29) is 11.4 Å². The summed E-state index contributed by atoms with van der Waals surface area (Å²) < 4.78 is 5.09. The van der Waals surface area contributed by atoms with Crippen LogP contribution in [0.2, 0.25) is 0 Å². The molecule has 0 unspecified atom stereocenters. The Hall–Kier alpha value is -0.710. The van der Waals surface area contributed by atoms with E-state index in [0.717, 1.165) is 12.3 Å². The van der Waals surface area contributed by atoms with Crippen molar-refractivity contribution in [3.63, 3.8) is 0 Å². The highest BCUT2D eigenvalue weighted by atomic mass is 32.2. The van der Waals surface area contributed by atoms with Gasteiger partial charge in [0.05, 0.1) is 13.2 Å². The maximum Gasteiger partial charge on any atom is 0.118 e. The molecule has 0 aromatic heterocycles. The number of hydrogen-bond donors (Lipinski definition) is 2. The molecule has 82 valence electrons. The zero-order valence-electron chi connectivity index (χ0n) is 8.64. The van der Waals surface area contributed by atoms with E-state index in [9.17, 15) is 5.11 Å². The van der Waals surface area contributed by atoms with Crippen LogP contribution in [0.25, 0.3) is 0 Å². The van der Waals surface area contributed by atoms with Crippen molar-refractivity contribution in [2.75, 3.05) is 20.2 Å². The van der Waals surface area contributed by atoms with Crippen LogP contribution in [-0.4, -0.2) is 36.7 Å². The molecule has 0 bridgehead atoms. The Morgan fingerprint density at radius 1 is 1.33 bits per heavy atom. The molecule has 1 aliphatic rings. The second kappa shape index (κ2) is 4.88. The van der Waals surface area contributed by atoms with E-state index in [2.05, 4.69) is 5.32 Å². The van der Waals surface area contributed by atoms with E-state index in [0.29, 0.717) is 6.54 Å². The lowest BCUT2D eigenvalue weighted by atomic mass is 10.3. The van der Waals surface area contributed by atoms with Crippen molar-refractivity contribution in [3.05, 3.63) is 24.3 Å². The van der Waals surface area contributed by atoms with Gasteiger partial charge in [0.25, 0.3) is 0 Å². The summed E-state index contributed by atoms with van der Waals surface area (Å²) in [6.07, 6.45) is -0.239. The normalized spacial score (nSPS) is 25.5. The largest absolute Gasteiger partial charge is 0.497 e. The minimum atomic E-state index is -0.239. The zero-order valence-corrected chi connectivity index (χ0v) is 9.46. The first-order valence-electron chi connectivity index (χ1n) is 4.99. The van der Waals surface area contributed by atoms with Crippen LogP contribution in [0.5, 0.6) is 5.75 Å². The molecule has 1 heterocycles. The van der Waals surface area contributed by atoms with Gasteiger partial charge < -0.3 is 15.2 Å². The molecule has 3 nitrogen and oxygen atoms in total. The second-order valence-electron chi connectivity index (χ2n) is 3.56. The maximum absolute atomic E-state index is 9.64. The molecule has 2 rings (SSSR count). The van der Waals surface area contributed by atoms with E-state index in [1.54, 1.807) is 18.9 Å². The van der Waals surface area contributed by atoms with Crippen molar-refractivity contribution < 1.29 is 9.84 Å². The first kappa shape index (κ1) is 10.8. The predicted octanol–water partition coefficient (Wildman–Crippen LogP) is 1.12. The summed E-state index contributed by atoms with van der Waals surface area (Å²) in [6, 6.07) is 7.93. The number of aliphatic hydroxyl groups is 1. The molecular weight excluding hydrogens is 210 g/mol. The summed E-state index contributed by atoms with van der Waals surface area (Å²) in [4.78, 5) is 1.17. The van der Waals surface area contributed by atoms with Gasteiger partial charge in [-0.1, -0.05) is 0 Å². The summed E-state index contributed by atoms with van der Waals surface area (Å²) in [5.74, 6) is 0.865. The van der Waals surface area contributed by atoms with Gasteiger partial charge in [-0.15, -0.1) is 11.8 Å². The minimum absolute atomic E-state index is 0.239. The fourth-order valence-corrected chi connectivity index (χ4v) is 2.69. The van der Waals surface area contributed by atoms with Gasteiger partial charge in [0.1, 0.15) is 5.75 Å². The average molecular weight is 225 g/mol. The van der Waals surface area contributed by atoms with Crippen LogP contribution in [0, 0.1) is 0 Å². The number of hydrogen-bond acceptors (Lipinski definition) is 4. The van der Waals surface area contributed by atoms with Crippen molar-refractivity contribution in [2.24, 2.45) is 0 Å². The lowest BCUT2D eigenvalue weighted by molar-refractivity contribution is 0.201. The fraction of sp³-hybridized carbons (Fsp3) is 0.455. The van der Waals surface area contributed by atoms with E-state index < -0.39 is 0 Å². The molecule has 4 heteroatoms. The average Bonchev–Trinajstić information content (AvgIpc) is 2.66. The Morgan fingerprint density at radius 2 is 2.07 bits per heavy atom. The third-order valence-electron chi connectivity index (χ3n) is 2.48. The lowest BCUT2D eigenvalue weighted by Crippen LogP contribution is -2.19. The Bertz CT molecular complexity index is 315. The van der Waals surface area contributed by atoms with Gasteiger partial charge in [-0.2, -0.15) is 0 Å². The van der Waals surface area contributed by atoms with Gasteiger partial charge in [-0.3, -0.25) is 0 Å². The van der Waals surface area contributed by atoms with Crippen LogP contribution in [0.3, 0.4) is 0 Å². The third-order valence-corrected chi connectivity index (χ3v) is 3.80. The van der Waals surface area contributed by atoms with E-state index >= 15 is 0 Å². The number of thioether (sulfide) groups is 1. The predicted molar refractivity (Wildman–Crippen MR) is 61.5 cm³/mol. The first-order valence-corrected chi connectivity index (χ1v) is 5.87. The third kappa shape index (κ3) is 2.65. The Kier molecular flexibility index (Phi) is 3.51. The smallest absolute Gasteiger partial charge is 0.118 e. The Labute approximate surface area is 93.8 Å². The van der Waals surface area contributed by atoms with Crippen LogP contribution in [-0.2, 0) is 0 Å². The highest BCUT2D eigenvalue weighted by Crippen LogP contribution is 2.28. The van der Waals surface area contributed by atoms with Crippen molar-refractivity contribution >= 4 is 11.8 Å². The van der Waals surface area contributed by atoms with Crippen molar-refractivity contribution in [2.45, 2.75) is 16.2 Å². The molecule has 0 amide bonds. The van der Waals surface area contributed by atoms with Gasteiger partial charge in [0.15, 0.2) is 0 Å². The van der Waals surface area contributed by atoms with Gasteiger partial charge in [-0.25, -0.2) is 0 Å². The number of benzene rings is 1. The fourth-order valence-electron chi connectivity index (χ4n) is 1.59. The number of ether oxygens (including phenoxy) is 1. The molecular formula is C11H15NO2S. The van der Waals surface area contributed by atoms with Crippen LogP contribution in [0.4, 0.5) is 0 Å². The Morgan fingerprint density at radius 3 is 2.60 bits per heavy atom. The summed E-state index contributed by atoms with van der Waals surface area (Å²) in [6.45, 7) is 1.58. The van der Waals surface area contributed by atoms with Crippen LogP contribution in [0.1, 0.15) is 0 Å². The SMILES string of the molecule is COc1ccc(S[C@@H]2CNC[C@H]2O)cc1. The van der Waals surface area contributed by atoms with Crippen molar-refractivity contribution in [3.8, 4) is 5.75 Å². The van der Waals surface area contributed by atoms with Gasteiger partial charge in [0, 0.05) is 23.2 Å². The van der Waals surface area contributed by atoms with Gasteiger partial charge in [0.2, 0.25) is 0 Å². The van der Waals surface area contributed by atoms with Crippen LogP contribution < -0.4 is 10.1 Å². The van der Waals surface area contributed by atoms with E-state index in [4.69, 9.17) is 4.74 Å². The van der Waals surface area contributed by atoms with Crippen molar-refractivity contribution in [1.29, 1.82) is 0 Å². The first-order chi connectivity index (χ1) is 7.29. The molecule has 2 atom stereocenters. The second-order valence-corrected chi connectivity index (χ2v) is 4.87. The highest BCUT2D eigenvalue weighted by Gasteiger charge is 2.25. The monoisotopic (exact) mass is 225 g/mol. The topological polar surface area (TPSA) is 41.5 Å². The molecule has 1 aromatic rings. The standard InChI is InChI=1S/C11H15NO2S/c1-14-8-2-4-9(5-3-8)15-11-7-12-6-10(11)13/h2-5,10-13H,6-7H2,1H3/t10-,11-/m1/s1. The lowest BCUT2D eigenvalue weighted by Gasteiger charge is -2.12. The molecule has 2 N–H and O–H groups in total. The molecule has 15 heavy (non-hydrogen) atoms. The molecule has 1 fully saturated rings. The number of methoxy groups -OCH3 is 1. The molecule has 0 spiro atoms. The summed E-state index contributed by atoms with van der Waals surface area (Å²) >= 11 is 1.71. The molecule has 1 saturated heterocycles. The Balaban J connectivity index is 1.98. The molecule has 0 aliphatic carbocycles. The number of rotatable bonds is 3. The van der Waals surface area contributed by atoms with Gasteiger partial charge >= 0.3 is 0 Å². The number of nitrogens with one attached hydrogen (secondary N) is 1. The number of β-amino-alcohol motifs (C(OH)–C–C–N with tert-alkyl or cyclic N) is 1. The molecule has 0 radical (unpaired) electrons. The molecule has 1 aromatic carbocycles. The minimum Gasteiger partial charge on any atom is -0.497 e. The summed E-state index contributed by atoms with van der Waals surface area (Å²) in [5.41, 5.74) is 0. The van der Waals surface area contributed by atoms with Crippen LogP contribution in [0.15, 0.2) is 29.2 Å². The summed E-state index contributed by atoms with van der Waals surface area (Å²) in [5, 5.41) is 13.1. The summed E-state index contributed by atoms with van der Waals surface area (Å²) in [7, 11) is 1.66. The van der Waals surface area contributed by atoms with Crippen LogP contribution >= 0.6 is 11.8 Å². The number of aliphatic hydroxyl groups excluding tert-OH is 1. The highest BCUT2D eigenvalue weighted by molar-refractivity contribution is 8.00. The maximum atomic E-state index is 9.64. The quantitative estimate of drug-likeness (QED) is 0.809. The molecule has 0 saturated carbocycles. The zero-order chi connectivity index (χ0) is 10.7. The van der Waals surface area contributed by atoms with Crippen molar-refractivity contribution in [1.82, 2.24) is 5.32 Å². The van der Waals surface area contributed by atoms with E-state index in [1.165, 1.54) is 4.90 Å².